The molecule has 0 fully saturated rings. The van der Waals surface area contributed by atoms with Gasteiger partial charge in [-0.25, -0.2) is 9.69 Å². The molecule has 21 heteroatoms. The molecule has 0 radical (unpaired) electrons. The summed E-state index contributed by atoms with van der Waals surface area (Å²) in [5.74, 6) is 1.02. The van der Waals surface area contributed by atoms with Crippen LogP contribution in [0.15, 0.2) is 273 Å². The predicted octanol–water partition coefficient (Wildman–Crippen LogP) is 19.8. The van der Waals surface area contributed by atoms with Crippen LogP contribution in [0.5, 0.6) is 34.5 Å². The van der Waals surface area contributed by atoms with Gasteiger partial charge in [-0.1, -0.05) is 264 Å². The number of hydrogen-bond donors (Lipinski definition) is 6. The van der Waals surface area contributed by atoms with Gasteiger partial charge in [-0.05, 0) is 142 Å². The van der Waals surface area contributed by atoms with Crippen LogP contribution in [-0.4, -0.2) is 85.7 Å². The van der Waals surface area contributed by atoms with Crippen molar-refractivity contribution >= 4 is 29.3 Å². The molecular weight excluding hydrogens is 1580 g/mol. The SMILES string of the molecule is Cc1cccc(COc2ccccc2CN(CC[C@H](N)C(=O)O)Cc2cc(C#N)ccc2OCc2cccc(C)c2)c1.[C-]#[N+]c1ccc(CN(CC[C@H](N)C(=O)O)Cc2ccccc2OCc2cccc(C)c2)c(OCc2cccc(C)c2)c1.[C-]#[N+]c1cccc(CN(CC[C@H](N)C(=O)O)Cc2ccccc2OCc2cccc(C)c2)c1OCc1cccc(C)c1. The molecule has 126 heavy (non-hydrogen) atoms. The van der Waals surface area contributed by atoms with Gasteiger partial charge in [0.15, 0.2) is 5.69 Å². The van der Waals surface area contributed by atoms with Crippen molar-refractivity contribution in [2.24, 2.45) is 17.2 Å². The molecule has 648 valence electrons. The Morgan fingerprint density at radius 3 is 0.952 bits per heavy atom. The average Bonchev–Trinajstić information content (AvgIpc) is 0.836. The largest absolute Gasteiger partial charge is 0.500 e. The molecule has 0 unspecified atom stereocenters. The van der Waals surface area contributed by atoms with Crippen LogP contribution in [0.1, 0.15) is 125 Å². The molecule has 12 rings (SSSR count). The summed E-state index contributed by atoms with van der Waals surface area (Å²) in [4.78, 5) is 48.1. The maximum atomic E-state index is 11.5. The van der Waals surface area contributed by atoms with Crippen LogP contribution in [0.3, 0.4) is 0 Å². The van der Waals surface area contributed by atoms with Gasteiger partial charge in [0.2, 0.25) is 5.69 Å². The first-order chi connectivity index (χ1) is 60.9. The van der Waals surface area contributed by atoms with E-state index in [0.717, 1.165) is 101 Å². The van der Waals surface area contributed by atoms with Crippen molar-refractivity contribution in [1.29, 1.82) is 5.26 Å². The van der Waals surface area contributed by atoms with Gasteiger partial charge >= 0.3 is 17.9 Å². The lowest BCUT2D eigenvalue weighted by atomic mass is 10.1. The van der Waals surface area contributed by atoms with Gasteiger partial charge in [0.1, 0.15) is 92.3 Å². The summed E-state index contributed by atoms with van der Waals surface area (Å²) in [5, 5.41) is 37.8. The van der Waals surface area contributed by atoms with E-state index in [1.807, 2.05) is 215 Å². The summed E-state index contributed by atoms with van der Waals surface area (Å²) in [6.45, 7) is 34.0. The minimum Gasteiger partial charge on any atom is -0.500 e. The predicted molar refractivity (Wildman–Crippen MR) is 492 cm³/mol. The number of hydrogen-bond acceptors (Lipinski definition) is 16. The quantitative estimate of drug-likeness (QED) is 0.0194. The average molecular weight is 1690 g/mol. The lowest BCUT2D eigenvalue weighted by Crippen LogP contribution is -2.35. The minimum atomic E-state index is -1.04. The molecule has 0 amide bonds. The molecule has 0 spiro atoms. The van der Waals surface area contributed by atoms with Gasteiger partial charge in [-0.2, -0.15) is 5.26 Å². The molecule has 0 aliphatic rings. The lowest BCUT2D eigenvalue weighted by molar-refractivity contribution is -0.139. The molecule has 0 bridgehead atoms. The second-order valence-corrected chi connectivity index (χ2v) is 31.5. The number of aliphatic carboxylic acids is 3. The topological polar surface area (TPSA) is 288 Å². The third-order valence-corrected chi connectivity index (χ3v) is 20.9. The zero-order chi connectivity index (χ0) is 89.7. The Balaban J connectivity index is 0.000000197. The summed E-state index contributed by atoms with van der Waals surface area (Å²) in [7, 11) is 0. The van der Waals surface area contributed by atoms with Crippen LogP contribution in [-0.2, 0) is 93.3 Å². The zero-order valence-corrected chi connectivity index (χ0v) is 72.4. The number of aryl methyl sites for hydroxylation is 6. The Kier molecular flexibility index (Phi) is 36.5. The fraction of sp³-hybridized carbons (Fsp3) is 0.257. The molecule has 0 aliphatic carbocycles. The number of para-hydroxylation sites is 4. The Morgan fingerprint density at radius 1 is 0.333 bits per heavy atom. The molecule has 12 aromatic rings. The van der Waals surface area contributed by atoms with Crippen molar-refractivity contribution < 1.29 is 58.1 Å². The van der Waals surface area contributed by atoms with Crippen LogP contribution in [0.2, 0.25) is 0 Å². The van der Waals surface area contributed by atoms with Crippen molar-refractivity contribution in [1.82, 2.24) is 14.7 Å². The van der Waals surface area contributed by atoms with Crippen molar-refractivity contribution in [3.63, 3.8) is 0 Å². The van der Waals surface area contributed by atoms with E-state index in [-0.39, 0.29) is 19.3 Å². The Hall–Kier alpha value is -13.9. The highest BCUT2D eigenvalue weighted by Crippen LogP contribution is 2.36. The maximum absolute atomic E-state index is 11.5. The smallest absolute Gasteiger partial charge is 0.320 e. The molecular formula is C105H111N9O12. The first-order valence-corrected chi connectivity index (χ1v) is 41.9. The van der Waals surface area contributed by atoms with E-state index < -0.39 is 36.0 Å². The molecule has 0 heterocycles. The molecule has 12 aromatic carbocycles. The first-order valence-electron chi connectivity index (χ1n) is 41.9. The van der Waals surface area contributed by atoms with Gasteiger partial charge < -0.3 is 60.9 Å². The van der Waals surface area contributed by atoms with Crippen molar-refractivity contribution in [3.8, 4) is 40.6 Å². The molecule has 0 saturated carbocycles. The summed E-state index contributed by atoms with van der Waals surface area (Å²) < 4.78 is 37.4. The number of nitrogens with zero attached hydrogens (tertiary/aromatic N) is 6. The summed E-state index contributed by atoms with van der Waals surface area (Å²) in [6, 6.07) is 88.3. The molecule has 21 nitrogen and oxygen atoms in total. The van der Waals surface area contributed by atoms with Gasteiger partial charge in [-0.3, -0.25) is 29.1 Å². The number of nitrogens with two attached hydrogens (primary N) is 3. The minimum absolute atomic E-state index is 0.263. The van der Waals surface area contributed by atoms with Crippen LogP contribution >= 0.6 is 0 Å². The second-order valence-electron chi connectivity index (χ2n) is 31.5. The molecule has 0 saturated heterocycles. The lowest BCUT2D eigenvalue weighted by Gasteiger charge is -2.26. The fourth-order valence-corrected chi connectivity index (χ4v) is 14.3. The molecule has 3 atom stereocenters. The number of carbonyl (C=O) groups is 3. The van der Waals surface area contributed by atoms with Gasteiger partial charge in [0.25, 0.3) is 0 Å². The summed E-state index contributed by atoms with van der Waals surface area (Å²) in [6.07, 6.45) is 0.810. The van der Waals surface area contributed by atoms with E-state index in [4.69, 9.17) is 58.8 Å². The third-order valence-electron chi connectivity index (χ3n) is 20.9. The number of carboxylic acids is 3. The third kappa shape index (κ3) is 30.8. The summed E-state index contributed by atoms with van der Waals surface area (Å²) in [5.41, 5.74) is 37.9. The Morgan fingerprint density at radius 2 is 0.627 bits per heavy atom. The van der Waals surface area contributed by atoms with Crippen molar-refractivity contribution in [2.45, 2.75) is 158 Å². The van der Waals surface area contributed by atoms with E-state index in [1.54, 1.807) is 24.3 Å². The van der Waals surface area contributed by atoms with Crippen molar-refractivity contribution in [2.75, 3.05) is 19.6 Å². The highest BCUT2D eigenvalue weighted by molar-refractivity contribution is 5.74. The van der Waals surface area contributed by atoms with Crippen molar-refractivity contribution in [3.05, 3.63) is 402 Å². The molecule has 0 aliphatic heterocycles. The molecule has 0 aromatic heterocycles. The number of ether oxygens (including phenoxy) is 6. The maximum Gasteiger partial charge on any atom is 0.320 e. The number of carboxylic acid groups (broad SMARTS) is 3. The van der Waals surface area contributed by atoms with E-state index in [0.29, 0.717) is 133 Å². The zero-order valence-electron chi connectivity index (χ0n) is 72.4. The highest BCUT2D eigenvalue weighted by Gasteiger charge is 2.24. The van der Waals surface area contributed by atoms with Crippen LogP contribution in [0.25, 0.3) is 9.69 Å². The van der Waals surface area contributed by atoms with Crippen LogP contribution < -0.4 is 45.6 Å². The van der Waals surface area contributed by atoms with Gasteiger partial charge in [0, 0.05) is 86.7 Å². The highest BCUT2D eigenvalue weighted by atomic mass is 16.5. The van der Waals surface area contributed by atoms with Crippen LogP contribution in [0.4, 0.5) is 11.4 Å². The van der Waals surface area contributed by atoms with E-state index >= 15 is 0 Å². The first kappa shape index (κ1) is 94.3. The van der Waals surface area contributed by atoms with Gasteiger partial charge in [-0.15, -0.1) is 0 Å². The van der Waals surface area contributed by atoms with Gasteiger partial charge in [0.05, 0.1) is 24.8 Å². The molecule has 9 N–H and O–H groups in total. The Labute approximate surface area is 740 Å². The fourth-order valence-electron chi connectivity index (χ4n) is 14.3. The number of benzene rings is 12. The van der Waals surface area contributed by atoms with E-state index in [2.05, 4.69) is 106 Å². The monoisotopic (exact) mass is 1690 g/mol. The number of nitriles is 1. The van der Waals surface area contributed by atoms with E-state index in [9.17, 15) is 35.0 Å². The summed E-state index contributed by atoms with van der Waals surface area (Å²) >= 11 is 0. The normalized spacial score (nSPS) is 11.6. The second kappa shape index (κ2) is 48.8. The van der Waals surface area contributed by atoms with E-state index in [1.165, 1.54) is 16.7 Å². The Bertz CT molecular complexity index is 5620. The van der Waals surface area contributed by atoms with Crippen LogP contribution in [0, 0.1) is 66.0 Å². The number of rotatable bonds is 42. The standard InChI is InChI=1S/3C35H37N3O4/c1-25-9-6-11-27(19-25)23-41-33-16-5-4-13-29(33)21-38(18-17-31(36)35(39)40)22-30-14-8-15-32(37-3)34(30)42-24-28-12-7-10-26(2)20-28;1-25-8-6-10-27(18-25)23-41-33-13-5-4-12-29(33)21-38(17-16-32(36)35(39)40)22-30-14-15-31(37-3)20-34(30)42-24-28-11-7-9-26(2)19-28;1-25-7-5-9-28(17-25)23-41-33-12-4-3-11-30(33)21-38(16-15-32(37)35(39)40)22-31-19-27(20-36)13-14-34(31)42-24-29-10-6-8-26(2)18-29/h4-16,19-20,31H,17-18,21-24,36H2,1-2H3,(H,39,40);4-15,18-20,32H,16-17,21-24,36H2,1-2H3,(H,39,40);3-14,17-19,32H,15-16,21-24,37H2,1-2H3,(H,39,40)/t31-;2*32-/m000/s1.